The van der Waals surface area contributed by atoms with Crippen LogP contribution in [0, 0.1) is 0 Å². The molecule has 0 aliphatic carbocycles. The lowest BCUT2D eigenvalue weighted by atomic mass is 10.1. The average molecular weight is 314 g/mol. The van der Waals surface area contributed by atoms with Gasteiger partial charge in [0.05, 0.1) is 0 Å². The Labute approximate surface area is 128 Å². The molecule has 6 nitrogen and oxygen atoms in total. The molecule has 116 valence electrons. The molecule has 3 amide bonds. The number of carbonyl (C=O) groups excluding carboxylic acids is 2. The molecule has 0 aromatic heterocycles. The molecular weight excluding hydrogens is 294 g/mol. The zero-order valence-corrected chi connectivity index (χ0v) is 12.5. The van der Waals surface area contributed by atoms with Crippen LogP contribution in [0.2, 0.25) is 5.02 Å². The van der Waals surface area contributed by atoms with Gasteiger partial charge in [0.2, 0.25) is 5.91 Å². The van der Waals surface area contributed by atoms with Crippen LogP contribution in [0.5, 0.6) is 0 Å². The van der Waals surface area contributed by atoms with Gasteiger partial charge in [-0.05, 0) is 31.0 Å². The molecule has 0 fully saturated rings. The van der Waals surface area contributed by atoms with Gasteiger partial charge in [0.1, 0.15) is 0 Å². The summed E-state index contributed by atoms with van der Waals surface area (Å²) in [5.41, 5.74) is 7.65. The van der Waals surface area contributed by atoms with Crippen LogP contribution in [0.1, 0.15) is 32.1 Å². The first-order valence-electron chi connectivity index (χ1n) is 6.80. The van der Waals surface area contributed by atoms with Crippen LogP contribution in [0.4, 0.5) is 10.5 Å². The van der Waals surface area contributed by atoms with Gasteiger partial charge in [-0.15, -0.1) is 0 Å². The fraction of sp³-hybridized carbons (Fsp3) is 0.429. The van der Waals surface area contributed by atoms with E-state index in [2.05, 4.69) is 0 Å². The molecule has 0 atom stereocenters. The zero-order valence-electron chi connectivity index (χ0n) is 11.7. The lowest BCUT2D eigenvalue weighted by Gasteiger charge is -2.20. The largest absolute Gasteiger partial charge is 0.351 e. The number of halogens is 1. The highest BCUT2D eigenvalue weighted by molar-refractivity contribution is 6.30. The predicted molar refractivity (Wildman–Crippen MR) is 81.4 cm³/mol. The van der Waals surface area contributed by atoms with Crippen molar-refractivity contribution < 1.29 is 14.8 Å². The Balaban J connectivity index is 2.36. The summed E-state index contributed by atoms with van der Waals surface area (Å²) in [4.78, 5) is 23.8. The number of hydrogen-bond acceptors (Lipinski definition) is 3. The number of hydroxylamine groups is 1. The van der Waals surface area contributed by atoms with Crippen molar-refractivity contribution in [3.63, 3.8) is 0 Å². The van der Waals surface area contributed by atoms with E-state index in [0.29, 0.717) is 30.1 Å². The molecule has 0 saturated carbocycles. The highest BCUT2D eigenvalue weighted by Crippen LogP contribution is 2.20. The normalized spacial score (nSPS) is 10.2. The van der Waals surface area contributed by atoms with Crippen LogP contribution < -0.4 is 16.1 Å². The van der Waals surface area contributed by atoms with Crippen molar-refractivity contribution >= 4 is 29.2 Å². The summed E-state index contributed by atoms with van der Waals surface area (Å²) in [5.74, 6) is -0.382. The maximum absolute atomic E-state index is 11.5. The van der Waals surface area contributed by atoms with Crippen molar-refractivity contribution in [3.8, 4) is 0 Å². The number of primary amides is 1. The minimum Gasteiger partial charge on any atom is -0.351 e. The van der Waals surface area contributed by atoms with Crippen LogP contribution in [0.15, 0.2) is 24.3 Å². The predicted octanol–water partition coefficient (Wildman–Crippen LogP) is 2.68. The molecule has 1 aromatic rings. The van der Waals surface area contributed by atoms with E-state index in [9.17, 15) is 9.59 Å². The number of carbonyl (C=O) groups is 2. The summed E-state index contributed by atoms with van der Waals surface area (Å²) in [5, 5.41) is 8.90. The number of amides is 3. The van der Waals surface area contributed by atoms with Crippen LogP contribution in [0.25, 0.3) is 0 Å². The Kier molecular flexibility index (Phi) is 7.56. The minimum atomic E-state index is -0.517. The van der Waals surface area contributed by atoms with E-state index in [-0.39, 0.29) is 5.91 Å². The molecule has 0 aliphatic rings. The van der Waals surface area contributed by atoms with E-state index < -0.39 is 6.03 Å². The summed E-state index contributed by atoms with van der Waals surface area (Å²) < 4.78 is 0. The Morgan fingerprint density at radius 1 is 1.24 bits per heavy atom. The molecule has 4 N–H and O–H groups in total. The van der Waals surface area contributed by atoms with Gasteiger partial charge in [0.25, 0.3) is 0 Å². The van der Waals surface area contributed by atoms with E-state index in [4.69, 9.17) is 22.5 Å². The molecule has 0 aliphatic heterocycles. The van der Waals surface area contributed by atoms with Crippen molar-refractivity contribution in [2.45, 2.75) is 32.1 Å². The van der Waals surface area contributed by atoms with Crippen molar-refractivity contribution in [2.24, 2.45) is 5.73 Å². The molecule has 0 radical (unpaired) electrons. The minimum absolute atomic E-state index is 0.296. The SMILES string of the molecule is NC(=O)N(CCCCCCC(=O)NO)c1cccc(Cl)c1. The van der Waals surface area contributed by atoms with Gasteiger partial charge in [0, 0.05) is 23.7 Å². The number of nitrogens with one attached hydrogen (secondary N) is 1. The third kappa shape index (κ3) is 6.46. The average Bonchev–Trinajstić information content (AvgIpc) is 2.45. The van der Waals surface area contributed by atoms with Crippen LogP contribution in [-0.2, 0) is 4.79 Å². The van der Waals surface area contributed by atoms with Gasteiger partial charge in [0.15, 0.2) is 0 Å². The van der Waals surface area contributed by atoms with Gasteiger partial charge < -0.3 is 5.73 Å². The Morgan fingerprint density at radius 3 is 2.57 bits per heavy atom. The lowest BCUT2D eigenvalue weighted by Crippen LogP contribution is -2.36. The van der Waals surface area contributed by atoms with Gasteiger partial charge in [-0.2, -0.15) is 0 Å². The topological polar surface area (TPSA) is 95.7 Å². The Bertz CT molecular complexity index is 482. The van der Waals surface area contributed by atoms with E-state index in [1.165, 1.54) is 4.90 Å². The van der Waals surface area contributed by atoms with E-state index in [1.54, 1.807) is 29.7 Å². The van der Waals surface area contributed by atoms with Gasteiger partial charge in [-0.25, -0.2) is 10.3 Å². The summed E-state index contributed by atoms with van der Waals surface area (Å²) >= 11 is 5.90. The van der Waals surface area contributed by atoms with Crippen molar-refractivity contribution in [3.05, 3.63) is 29.3 Å². The van der Waals surface area contributed by atoms with Crippen molar-refractivity contribution in [1.29, 1.82) is 0 Å². The number of unbranched alkanes of at least 4 members (excludes halogenated alkanes) is 3. The first-order chi connectivity index (χ1) is 10.0. The highest BCUT2D eigenvalue weighted by atomic mass is 35.5. The molecule has 0 heterocycles. The fourth-order valence-electron chi connectivity index (χ4n) is 1.98. The van der Waals surface area contributed by atoms with Gasteiger partial charge in [-0.3, -0.25) is 14.9 Å². The van der Waals surface area contributed by atoms with Crippen molar-refractivity contribution in [1.82, 2.24) is 5.48 Å². The molecule has 0 spiro atoms. The van der Waals surface area contributed by atoms with E-state index in [0.717, 1.165) is 19.3 Å². The Morgan fingerprint density at radius 2 is 1.95 bits per heavy atom. The van der Waals surface area contributed by atoms with Crippen molar-refractivity contribution in [2.75, 3.05) is 11.4 Å². The maximum atomic E-state index is 11.5. The first kappa shape index (κ1) is 17.3. The van der Waals surface area contributed by atoms with Crippen LogP contribution in [0.3, 0.4) is 0 Å². The smallest absolute Gasteiger partial charge is 0.319 e. The summed E-state index contributed by atoms with van der Waals surface area (Å²) in [6.45, 7) is 0.502. The molecular formula is C14H20ClN3O3. The fourth-order valence-corrected chi connectivity index (χ4v) is 2.16. The number of benzene rings is 1. The number of urea groups is 1. The molecule has 7 heteroatoms. The monoisotopic (exact) mass is 313 g/mol. The molecule has 1 rings (SSSR count). The second-order valence-corrected chi connectivity index (χ2v) is 5.11. The standard InChI is InChI=1S/C14H20ClN3O3/c15-11-6-5-7-12(10-11)18(14(16)20)9-4-2-1-3-8-13(19)17-21/h5-7,10,21H,1-4,8-9H2,(H2,16,20)(H,17,19). The zero-order chi connectivity index (χ0) is 15.7. The second-order valence-electron chi connectivity index (χ2n) is 4.67. The molecule has 0 unspecified atom stereocenters. The number of nitrogens with zero attached hydrogens (tertiary/aromatic N) is 1. The summed E-state index contributed by atoms with van der Waals surface area (Å²) in [6, 6.07) is 6.45. The van der Waals surface area contributed by atoms with Crippen LogP contribution in [-0.4, -0.2) is 23.7 Å². The van der Waals surface area contributed by atoms with Crippen LogP contribution >= 0.6 is 11.6 Å². The molecule has 1 aromatic carbocycles. The molecule has 0 bridgehead atoms. The molecule has 0 saturated heterocycles. The Hall–Kier alpha value is -1.79. The summed E-state index contributed by atoms with van der Waals surface area (Å²) in [7, 11) is 0. The number of anilines is 1. The summed E-state index contributed by atoms with van der Waals surface area (Å²) in [6.07, 6.45) is 3.47. The third-order valence-corrected chi connectivity index (χ3v) is 3.28. The number of hydrogen-bond donors (Lipinski definition) is 3. The number of rotatable bonds is 8. The molecule has 21 heavy (non-hydrogen) atoms. The second kappa shape index (κ2) is 9.20. The van der Waals surface area contributed by atoms with Gasteiger partial charge in [-0.1, -0.05) is 30.5 Å². The third-order valence-electron chi connectivity index (χ3n) is 3.05. The van der Waals surface area contributed by atoms with Gasteiger partial charge >= 0.3 is 6.03 Å². The van der Waals surface area contributed by atoms with E-state index in [1.807, 2.05) is 0 Å². The van der Waals surface area contributed by atoms with E-state index >= 15 is 0 Å². The first-order valence-corrected chi connectivity index (χ1v) is 7.18. The number of nitrogens with two attached hydrogens (primary N) is 1. The highest BCUT2D eigenvalue weighted by Gasteiger charge is 2.12. The lowest BCUT2D eigenvalue weighted by molar-refractivity contribution is -0.129. The quantitative estimate of drug-likeness (QED) is 0.391. The maximum Gasteiger partial charge on any atom is 0.319 e.